The number of aliphatic hydroxyl groups excluding tert-OH is 1. The van der Waals surface area contributed by atoms with E-state index in [9.17, 15) is 15.2 Å². The van der Waals surface area contributed by atoms with Crippen molar-refractivity contribution in [3.63, 3.8) is 0 Å². The Bertz CT molecular complexity index is 316. The van der Waals surface area contributed by atoms with Crippen LogP contribution in [0.5, 0.6) is 0 Å². The molecule has 0 aromatic rings. The van der Waals surface area contributed by atoms with Crippen LogP contribution < -0.4 is 0 Å². The lowest BCUT2D eigenvalue weighted by Crippen LogP contribution is -2.40. The summed E-state index contributed by atoms with van der Waals surface area (Å²) in [5, 5.41) is 21.3. The molecule has 0 saturated heterocycles. The Morgan fingerprint density at radius 3 is 2.71 bits per heavy atom. The predicted octanol–water partition coefficient (Wildman–Crippen LogP) is 2.40. The fourth-order valence-electron chi connectivity index (χ4n) is 3.32. The first-order valence-corrected chi connectivity index (χ1v) is 6.63. The molecule has 2 bridgehead atoms. The molecule has 4 heteroatoms. The average Bonchev–Trinajstić information content (AvgIpc) is 2.90. The van der Waals surface area contributed by atoms with Crippen molar-refractivity contribution >= 4 is 0 Å². The maximum Gasteiger partial charge on any atom is 0.238 e. The quantitative estimate of drug-likeness (QED) is 0.440. The van der Waals surface area contributed by atoms with E-state index in [1.807, 2.05) is 6.92 Å². The largest absolute Gasteiger partial charge is 0.386 e. The molecule has 1 N–H and O–H groups in total. The molecule has 0 spiro atoms. The summed E-state index contributed by atoms with van der Waals surface area (Å²) in [4.78, 5) is 10.8. The van der Waals surface area contributed by atoms with Crippen molar-refractivity contribution in [3.8, 4) is 0 Å². The number of nitro groups is 1. The van der Waals surface area contributed by atoms with Crippen LogP contribution >= 0.6 is 0 Å². The van der Waals surface area contributed by atoms with E-state index in [0.717, 1.165) is 25.7 Å². The molecule has 2 aliphatic rings. The fourth-order valence-corrected chi connectivity index (χ4v) is 3.32. The molecule has 3 unspecified atom stereocenters. The first-order valence-electron chi connectivity index (χ1n) is 6.63. The number of hydrogen-bond donors (Lipinski definition) is 1. The summed E-state index contributed by atoms with van der Waals surface area (Å²) in [5.41, 5.74) is 0. The van der Waals surface area contributed by atoms with E-state index < -0.39 is 12.1 Å². The highest BCUT2D eigenvalue weighted by Crippen LogP contribution is 2.45. The molecule has 0 aromatic carbocycles. The minimum absolute atomic E-state index is 0.109. The highest BCUT2D eigenvalue weighted by molar-refractivity contribution is 5.11. The van der Waals surface area contributed by atoms with E-state index in [2.05, 4.69) is 12.2 Å². The molecule has 96 valence electrons. The van der Waals surface area contributed by atoms with Crippen LogP contribution in [0.3, 0.4) is 0 Å². The molecule has 4 nitrogen and oxygen atoms in total. The van der Waals surface area contributed by atoms with E-state index in [-0.39, 0.29) is 10.8 Å². The van der Waals surface area contributed by atoms with Crippen molar-refractivity contribution in [3.05, 3.63) is 22.3 Å². The van der Waals surface area contributed by atoms with Crippen molar-refractivity contribution in [1.82, 2.24) is 0 Å². The second-order valence-electron chi connectivity index (χ2n) is 5.43. The zero-order valence-corrected chi connectivity index (χ0v) is 10.3. The molecule has 1 saturated carbocycles. The zero-order valence-electron chi connectivity index (χ0n) is 10.3. The van der Waals surface area contributed by atoms with E-state index in [0.29, 0.717) is 18.3 Å². The van der Waals surface area contributed by atoms with Gasteiger partial charge in [0.15, 0.2) is 0 Å². The van der Waals surface area contributed by atoms with Crippen molar-refractivity contribution in [2.24, 2.45) is 17.8 Å². The Hall–Kier alpha value is -0.900. The van der Waals surface area contributed by atoms with Gasteiger partial charge in [-0.15, -0.1) is 0 Å². The smallest absolute Gasteiger partial charge is 0.238 e. The van der Waals surface area contributed by atoms with Crippen LogP contribution in [0.15, 0.2) is 12.2 Å². The molecule has 17 heavy (non-hydrogen) atoms. The lowest BCUT2D eigenvalue weighted by Gasteiger charge is -2.26. The number of fused-ring (bicyclic) bond motifs is 2. The predicted molar refractivity (Wildman–Crippen MR) is 65.2 cm³/mol. The van der Waals surface area contributed by atoms with Gasteiger partial charge in [0.2, 0.25) is 6.04 Å². The second kappa shape index (κ2) is 5.17. The first-order chi connectivity index (χ1) is 8.13. The molecule has 2 rings (SSSR count). The molecule has 0 aromatic heterocycles. The second-order valence-corrected chi connectivity index (χ2v) is 5.43. The Morgan fingerprint density at radius 2 is 2.24 bits per heavy atom. The summed E-state index contributed by atoms with van der Waals surface area (Å²) in [6.45, 7) is 2.02. The summed E-state index contributed by atoms with van der Waals surface area (Å²) >= 11 is 0. The van der Waals surface area contributed by atoms with Gasteiger partial charge in [-0.05, 0) is 37.0 Å². The summed E-state index contributed by atoms with van der Waals surface area (Å²) in [7, 11) is 0. The van der Waals surface area contributed by atoms with Crippen LogP contribution in [0.4, 0.5) is 0 Å². The third kappa shape index (κ3) is 2.51. The number of aliphatic hydroxyl groups is 1. The van der Waals surface area contributed by atoms with Gasteiger partial charge in [0, 0.05) is 11.3 Å². The molecule has 0 aliphatic heterocycles. The van der Waals surface area contributed by atoms with E-state index >= 15 is 0 Å². The molecule has 0 heterocycles. The monoisotopic (exact) mass is 239 g/mol. The number of nitrogens with zero attached hydrogens (tertiary/aromatic N) is 1. The average molecular weight is 239 g/mol. The van der Waals surface area contributed by atoms with Gasteiger partial charge in [-0.3, -0.25) is 10.1 Å². The molecule has 5 atom stereocenters. The summed E-state index contributed by atoms with van der Waals surface area (Å²) in [6.07, 6.45) is 7.84. The van der Waals surface area contributed by atoms with Crippen LogP contribution in [0.25, 0.3) is 0 Å². The van der Waals surface area contributed by atoms with Crippen molar-refractivity contribution < 1.29 is 10.0 Å². The normalized spacial score (nSPS) is 33.9. The topological polar surface area (TPSA) is 63.4 Å². The highest BCUT2D eigenvalue weighted by Gasteiger charge is 2.45. The Morgan fingerprint density at radius 1 is 1.47 bits per heavy atom. The lowest BCUT2D eigenvalue weighted by molar-refractivity contribution is -0.537. The Kier molecular flexibility index (Phi) is 3.82. The number of allylic oxidation sites excluding steroid dienone is 2. The minimum atomic E-state index is -0.771. The van der Waals surface area contributed by atoms with Gasteiger partial charge in [-0.1, -0.05) is 25.5 Å². The SMILES string of the molecule is CCCCC(C(O)C1C[C@H]2C=C[C@@H]1C2)[N+](=O)[O-]. The van der Waals surface area contributed by atoms with Gasteiger partial charge < -0.3 is 5.11 Å². The van der Waals surface area contributed by atoms with Gasteiger partial charge in [0.05, 0.1) is 0 Å². The van der Waals surface area contributed by atoms with E-state index in [1.165, 1.54) is 0 Å². The minimum Gasteiger partial charge on any atom is -0.386 e. The zero-order chi connectivity index (χ0) is 12.4. The lowest BCUT2D eigenvalue weighted by atomic mass is 9.84. The van der Waals surface area contributed by atoms with Crippen molar-refractivity contribution in [2.75, 3.05) is 0 Å². The molecular weight excluding hydrogens is 218 g/mol. The molecular formula is C13H21NO3. The van der Waals surface area contributed by atoms with Crippen LogP contribution in [-0.2, 0) is 0 Å². The van der Waals surface area contributed by atoms with Crippen LogP contribution in [0.1, 0.15) is 39.0 Å². The number of hydrogen-bond acceptors (Lipinski definition) is 3. The van der Waals surface area contributed by atoms with Crippen molar-refractivity contribution in [1.29, 1.82) is 0 Å². The van der Waals surface area contributed by atoms with Gasteiger partial charge in [-0.25, -0.2) is 0 Å². The third-order valence-corrected chi connectivity index (χ3v) is 4.29. The third-order valence-electron chi connectivity index (χ3n) is 4.29. The van der Waals surface area contributed by atoms with E-state index in [1.54, 1.807) is 0 Å². The first kappa shape index (κ1) is 12.6. The fraction of sp³-hybridized carbons (Fsp3) is 0.846. The van der Waals surface area contributed by atoms with Crippen LogP contribution in [0, 0.1) is 27.9 Å². The summed E-state index contributed by atoms with van der Waals surface area (Å²) in [5.74, 6) is 1.04. The Balaban J connectivity index is 1.98. The highest BCUT2D eigenvalue weighted by atomic mass is 16.6. The summed E-state index contributed by atoms with van der Waals surface area (Å²) in [6, 6.07) is -0.771. The maximum absolute atomic E-state index is 11.0. The van der Waals surface area contributed by atoms with Gasteiger partial charge >= 0.3 is 0 Å². The van der Waals surface area contributed by atoms with Gasteiger partial charge in [-0.2, -0.15) is 0 Å². The molecule has 2 aliphatic carbocycles. The number of rotatable bonds is 6. The molecule has 0 amide bonds. The Labute approximate surface area is 102 Å². The molecule has 0 radical (unpaired) electrons. The summed E-state index contributed by atoms with van der Waals surface area (Å²) < 4.78 is 0. The van der Waals surface area contributed by atoms with Crippen molar-refractivity contribution in [2.45, 2.75) is 51.2 Å². The maximum atomic E-state index is 11.0. The molecule has 1 fully saturated rings. The standard InChI is InChI=1S/C13H21NO3/c1-2-3-4-12(14(16)17)13(15)11-8-9-5-6-10(11)7-9/h5-6,9-13,15H,2-4,7-8H2,1H3/t9-,10+,11?,12?,13?/m0/s1. The van der Waals surface area contributed by atoms with Crippen LogP contribution in [-0.4, -0.2) is 22.2 Å². The van der Waals surface area contributed by atoms with E-state index in [4.69, 9.17) is 0 Å². The van der Waals surface area contributed by atoms with Crippen LogP contribution in [0.2, 0.25) is 0 Å². The van der Waals surface area contributed by atoms with Gasteiger partial charge in [0.25, 0.3) is 0 Å². The van der Waals surface area contributed by atoms with Gasteiger partial charge in [0.1, 0.15) is 6.10 Å². The number of unbranched alkanes of at least 4 members (excludes halogenated alkanes) is 1.